The maximum absolute atomic E-state index is 12.4. The number of nitrogens with one attached hydrogen (secondary N) is 1. The molecule has 0 bridgehead atoms. The van der Waals surface area contributed by atoms with Gasteiger partial charge in [0.15, 0.2) is 0 Å². The zero-order valence-electron chi connectivity index (χ0n) is 14.0. The molecule has 0 radical (unpaired) electrons. The highest BCUT2D eigenvalue weighted by molar-refractivity contribution is 5.97. The number of anilines is 2. The van der Waals surface area contributed by atoms with Gasteiger partial charge in [0.1, 0.15) is 0 Å². The van der Waals surface area contributed by atoms with Gasteiger partial charge in [-0.25, -0.2) is 0 Å². The summed E-state index contributed by atoms with van der Waals surface area (Å²) in [4.78, 5) is 28.2. The Balaban J connectivity index is 2.00. The maximum atomic E-state index is 12.4. The molecule has 0 aromatic heterocycles. The molecule has 1 aliphatic rings. The molecule has 1 unspecified atom stereocenters. The number of rotatable bonds is 3. The van der Waals surface area contributed by atoms with Gasteiger partial charge in [-0.3, -0.25) is 9.59 Å². The van der Waals surface area contributed by atoms with Crippen molar-refractivity contribution in [3.63, 3.8) is 0 Å². The van der Waals surface area contributed by atoms with Crippen molar-refractivity contribution in [3.05, 3.63) is 24.3 Å². The lowest BCUT2D eigenvalue weighted by Gasteiger charge is -2.31. The number of amides is 2. The van der Waals surface area contributed by atoms with E-state index in [4.69, 9.17) is 0 Å². The number of likely N-dealkylation sites (tertiary alicyclic amines) is 1. The molecular formula is C17H25N3O2. The third kappa shape index (κ3) is 3.59. The molecule has 1 fully saturated rings. The van der Waals surface area contributed by atoms with Gasteiger partial charge in [0.05, 0.1) is 5.92 Å². The summed E-state index contributed by atoms with van der Waals surface area (Å²) in [7, 11) is 3.94. The Morgan fingerprint density at radius 1 is 1.23 bits per heavy atom. The maximum Gasteiger partial charge on any atom is 0.229 e. The molecule has 0 aliphatic carbocycles. The van der Waals surface area contributed by atoms with Crippen molar-refractivity contribution in [3.8, 4) is 0 Å². The first-order valence-electron chi connectivity index (χ1n) is 7.57. The molecule has 2 rings (SSSR count). The van der Waals surface area contributed by atoms with Crippen LogP contribution in [0.2, 0.25) is 0 Å². The van der Waals surface area contributed by atoms with Gasteiger partial charge in [0.25, 0.3) is 0 Å². The average Bonchev–Trinajstić information content (AvgIpc) is 2.81. The van der Waals surface area contributed by atoms with E-state index in [1.165, 1.54) is 0 Å². The topological polar surface area (TPSA) is 52.7 Å². The van der Waals surface area contributed by atoms with Gasteiger partial charge in [-0.2, -0.15) is 0 Å². The second kappa shape index (κ2) is 5.99. The molecular weight excluding hydrogens is 278 g/mol. The fourth-order valence-corrected chi connectivity index (χ4v) is 2.62. The average molecular weight is 303 g/mol. The van der Waals surface area contributed by atoms with Crippen molar-refractivity contribution in [2.24, 2.45) is 5.92 Å². The number of carbonyl (C=O) groups is 2. The summed E-state index contributed by atoms with van der Waals surface area (Å²) >= 11 is 0. The Labute approximate surface area is 132 Å². The molecule has 1 N–H and O–H groups in total. The Morgan fingerprint density at radius 3 is 2.27 bits per heavy atom. The molecule has 1 aromatic rings. The minimum atomic E-state index is -0.278. The normalized spacial score (nSPS) is 18.5. The second-order valence-corrected chi connectivity index (χ2v) is 7.01. The van der Waals surface area contributed by atoms with Gasteiger partial charge in [-0.1, -0.05) is 0 Å². The summed E-state index contributed by atoms with van der Waals surface area (Å²) in [5.41, 5.74) is 1.60. The van der Waals surface area contributed by atoms with Crippen LogP contribution in [0.5, 0.6) is 0 Å². The molecule has 1 heterocycles. The van der Waals surface area contributed by atoms with Crippen LogP contribution >= 0.6 is 0 Å². The summed E-state index contributed by atoms with van der Waals surface area (Å²) in [5, 5.41) is 2.91. The lowest BCUT2D eigenvalue weighted by atomic mass is 10.1. The highest BCUT2D eigenvalue weighted by atomic mass is 16.2. The van der Waals surface area contributed by atoms with Crippen LogP contribution in [0, 0.1) is 5.92 Å². The van der Waals surface area contributed by atoms with Crippen LogP contribution in [0.3, 0.4) is 0 Å². The molecule has 1 aliphatic heterocycles. The molecule has 1 saturated heterocycles. The second-order valence-electron chi connectivity index (χ2n) is 7.01. The van der Waals surface area contributed by atoms with Crippen molar-refractivity contribution in [1.29, 1.82) is 0 Å². The molecule has 0 saturated carbocycles. The monoisotopic (exact) mass is 303 g/mol. The number of carbonyl (C=O) groups excluding carboxylic acids is 2. The molecule has 22 heavy (non-hydrogen) atoms. The van der Waals surface area contributed by atoms with Gasteiger partial charge < -0.3 is 15.1 Å². The first-order valence-corrected chi connectivity index (χ1v) is 7.57. The Hall–Kier alpha value is -2.04. The zero-order valence-corrected chi connectivity index (χ0v) is 14.0. The minimum Gasteiger partial charge on any atom is -0.378 e. The van der Waals surface area contributed by atoms with Gasteiger partial charge in [-0.05, 0) is 45.0 Å². The van der Waals surface area contributed by atoms with Gasteiger partial charge in [0, 0.05) is 44.0 Å². The highest BCUT2D eigenvalue weighted by Crippen LogP contribution is 2.27. The van der Waals surface area contributed by atoms with Crippen LogP contribution in [0.25, 0.3) is 0 Å². The summed E-state index contributed by atoms with van der Waals surface area (Å²) < 4.78 is 0. The first-order chi connectivity index (χ1) is 10.2. The molecule has 120 valence electrons. The van der Waals surface area contributed by atoms with E-state index in [1.54, 1.807) is 4.90 Å². The van der Waals surface area contributed by atoms with E-state index < -0.39 is 0 Å². The zero-order chi connectivity index (χ0) is 16.5. The predicted molar refractivity (Wildman–Crippen MR) is 89.0 cm³/mol. The van der Waals surface area contributed by atoms with E-state index in [1.807, 2.05) is 64.0 Å². The number of hydrogen-bond acceptors (Lipinski definition) is 3. The summed E-state index contributed by atoms with van der Waals surface area (Å²) in [5.74, 6) is -0.312. The largest absolute Gasteiger partial charge is 0.378 e. The number of benzene rings is 1. The van der Waals surface area contributed by atoms with E-state index in [-0.39, 0.29) is 23.3 Å². The van der Waals surface area contributed by atoms with E-state index in [0.717, 1.165) is 11.4 Å². The summed E-state index contributed by atoms with van der Waals surface area (Å²) in [6.45, 7) is 6.46. The Morgan fingerprint density at radius 2 is 1.82 bits per heavy atom. The highest BCUT2D eigenvalue weighted by Gasteiger charge is 2.39. The minimum absolute atomic E-state index is 0.0515. The molecule has 5 heteroatoms. The lowest BCUT2D eigenvalue weighted by molar-refractivity contribution is -0.131. The SMILES string of the molecule is CN(C)c1ccc(NC(=O)C2CC(=O)N(C(C)(C)C)C2)cc1. The first kappa shape index (κ1) is 16.3. The van der Waals surface area contributed by atoms with Crippen LogP contribution in [-0.4, -0.2) is 42.9 Å². The van der Waals surface area contributed by atoms with Crippen LogP contribution in [-0.2, 0) is 9.59 Å². The molecule has 5 nitrogen and oxygen atoms in total. The summed E-state index contributed by atoms with van der Waals surface area (Å²) in [6, 6.07) is 7.67. The standard InChI is InChI=1S/C17H25N3O2/c1-17(2,3)20-11-12(10-15(20)21)16(22)18-13-6-8-14(9-7-13)19(4)5/h6-9,12H,10-11H2,1-5H3,(H,18,22). The number of nitrogens with zero attached hydrogens (tertiary/aromatic N) is 2. The molecule has 1 aromatic carbocycles. The Bertz CT molecular complexity index is 558. The van der Waals surface area contributed by atoms with Crippen molar-refractivity contribution < 1.29 is 9.59 Å². The smallest absolute Gasteiger partial charge is 0.229 e. The van der Waals surface area contributed by atoms with Crippen molar-refractivity contribution in [2.45, 2.75) is 32.7 Å². The van der Waals surface area contributed by atoms with E-state index in [9.17, 15) is 9.59 Å². The van der Waals surface area contributed by atoms with Crippen LogP contribution in [0.4, 0.5) is 11.4 Å². The van der Waals surface area contributed by atoms with Gasteiger partial charge in [0.2, 0.25) is 11.8 Å². The third-order valence-electron chi connectivity index (χ3n) is 3.96. The van der Waals surface area contributed by atoms with Crippen molar-refractivity contribution >= 4 is 23.2 Å². The van der Waals surface area contributed by atoms with E-state index >= 15 is 0 Å². The predicted octanol–water partition coefficient (Wildman–Crippen LogP) is 2.34. The summed E-state index contributed by atoms with van der Waals surface area (Å²) in [6.07, 6.45) is 0.291. The van der Waals surface area contributed by atoms with E-state index in [2.05, 4.69) is 5.32 Å². The van der Waals surface area contributed by atoms with Crippen LogP contribution in [0.15, 0.2) is 24.3 Å². The molecule has 1 atom stereocenters. The third-order valence-corrected chi connectivity index (χ3v) is 3.96. The van der Waals surface area contributed by atoms with Gasteiger partial charge >= 0.3 is 0 Å². The number of hydrogen-bond donors (Lipinski definition) is 1. The quantitative estimate of drug-likeness (QED) is 0.932. The van der Waals surface area contributed by atoms with Gasteiger partial charge in [-0.15, -0.1) is 0 Å². The van der Waals surface area contributed by atoms with E-state index in [0.29, 0.717) is 13.0 Å². The molecule has 2 amide bonds. The lowest BCUT2D eigenvalue weighted by Crippen LogP contribution is -2.42. The van der Waals surface area contributed by atoms with Crippen molar-refractivity contribution in [1.82, 2.24) is 4.90 Å². The van der Waals surface area contributed by atoms with Crippen LogP contribution in [0.1, 0.15) is 27.2 Å². The fourth-order valence-electron chi connectivity index (χ4n) is 2.62. The Kier molecular flexibility index (Phi) is 4.44. The fraction of sp³-hybridized carbons (Fsp3) is 0.529. The van der Waals surface area contributed by atoms with Crippen LogP contribution < -0.4 is 10.2 Å². The molecule has 0 spiro atoms. The van der Waals surface area contributed by atoms with Crippen molar-refractivity contribution in [2.75, 3.05) is 30.9 Å².